The Balaban J connectivity index is 0.00000180. The van der Waals surface area contributed by atoms with Crippen molar-refractivity contribution in [2.75, 3.05) is 32.8 Å². The fourth-order valence-corrected chi connectivity index (χ4v) is 2.33. The molecule has 0 aromatic heterocycles. The second-order valence-electron chi connectivity index (χ2n) is 5.86. The molecular weight excluding hydrogens is 493 g/mol. The molecule has 2 heterocycles. The van der Waals surface area contributed by atoms with E-state index in [0.29, 0.717) is 32.8 Å². The van der Waals surface area contributed by atoms with Gasteiger partial charge in [0.1, 0.15) is 5.60 Å². The van der Waals surface area contributed by atoms with Gasteiger partial charge in [-0.25, -0.2) is 4.79 Å². The molecule has 0 N–H and O–H groups in total. The summed E-state index contributed by atoms with van der Waals surface area (Å²) < 4.78 is 10.8. The molecule has 0 unspecified atom stereocenters. The summed E-state index contributed by atoms with van der Waals surface area (Å²) in [5.41, 5.74) is -0.936. The summed E-state index contributed by atoms with van der Waals surface area (Å²) in [5.74, 6) is 0. The van der Waals surface area contributed by atoms with Crippen LogP contribution in [0.5, 0.6) is 0 Å². The predicted octanol–water partition coefficient (Wildman–Crippen LogP) is 0.375. The van der Waals surface area contributed by atoms with E-state index in [2.05, 4.69) is 0 Å². The summed E-state index contributed by atoms with van der Waals surface area (Å²) >= 11 is 0. The van der Waals surface area contributed by atoms with E-state index in [1.54, 1.807) is 4.90 Å². The molecule has 19 heavy (non-hydrogen) atoms. The average Bonchev–Trinajstić information content (AvgIpc) is 2.23. The van der Waals surface area contributed by atoms with Crippen LogP contribution in [0, 0.1) is 0 Å². The van der Waals surface area contributed by atoms with E-state index in [-0.39, 0.29) is 6.09 Å². The van der Waals surface area contributed by atoms with E-state index < -0.39 is 11.1 Å². The van der Waals surface area contributed by atoms with E-state index in [4.69, 9.17) is 9.47 Å². The minimum absolute atomic E-state index is 0. The first-order valence-electron chi connectivity index (χ1n) is 6.07. The molecule has 2 aliphatic heterocycles. The van der Waals surface area contributed by atoms with Crippen LogP contribution in [0.25, 0.3) is 0 Å². The molecule has 2 aliphatic rings. The molecule has 2 saturated heterocycles. The van der Waals surface area contributed by atoms with Crippen molar-refractivity contribution < 1.29 is 19.1 Å². The first-order chi connectivity index (χ1) is 8.36. The SMILES string of the molecule is CC(C)(C)OC(=O)N1CCOCC12CN([C-]=O)C2.[Fm]. The van der Waals surface area contributed by atoms with Gasteiger partial charge in [0.15, 0.2) is 0 Å². The van der Waals surface area contributed by atoms with Crippen molar-refractivity contribution >= 4 is 12.5 Å². The summed E-state index contributed by atoms with van der Waals surface area (Å²) in [7, 11) is 0. The molecule has 0 bridgehead atoms. The summed E-state index contributed by atoms with van der Waals surface area (Å²) in [4.78, 5) is 25.9. The Morgan fingerprint density at radius 1 is 1.37 bits per heavy atom. The summed E-state index contributed by atoms with van der Waals surface area (Å²) in [6.45, 7) is 7.90. The minimum Gasteiger partial charge on any atom is -0.520 e. The van der Waals surface area contributed by atoms with Crippen molar-refractivity contribution in [2.45, 2.75) is 31.9 Å². The first-order valence-corrected chi connectivity index (χ1v) is 6.07. The molecule has 114 valence electrons. The molecule has 0 aliphatic carbocycles. The zero-order valence-electron chi connectivity index (χ0n) is 11.4. The molecule has 7 heteroatoms. The number of hydrogen-bond acceptors (Lipinski definition) is 4. The monoisotopic (exact) mass is 512 g/mol. The van der Waals surface area contributed by atoms with Crippen molar-refractivity contribution in [3.05, 3.63) is 0 Å². The molecule has 2 fully saturated rings. The number of ether oxygens (including phenoxy) is 2. The number of likely N-dealkylation sites (tertiary alicyclic amines) is 1. The van der Waals surface area contributed by atoms with E-state index in [0.717, 1.165) is 0 Å². The fraction of sp³-hybridized carbons (Fsp3) is 0.833. The Morgan fingerprint density at radius 3 is 2.53 bits per heavy atom. The summed E-state index contributed by atoms with van der Waals surface area (Å²) in [6, 6.07) is 0. The maximum atomic E-state index is 12.1. The average molecular weight is 512 g/mol. The van der Waals surface area contributed by atoms with E-state index in [1.165, 1.54) is 4.90 Å². The second kappa shape index (κ2) is 4.76. The molecule has 0 atom stereocenters. The number of nitrogens with zero attached hydrogens (tertiary/aromatic N) is 2. The number of hydrogen-bond donors (Lipinski definition) is 0. The van der Waals surface area contributed by atoms with Crippen LogP contribution in [0.4, 0.5) is 4.79 Å². The molecule has 2 rings (SSSR count). The van der Waals surface area contributed by atoms with E-state index >= 15 is 0 Å². The third kappa shape index (κ3) is 2.76. The fourth-order valence-electron chi connectivity index (χ4n) is 2.33. The van der Waals surface area contributed by atoms with E-state index in [9.17, 15) is 9.59 Å². The van der Waals surface area contributed by atoms with Crippen LogP contribution >= 0.6 is 0 Å². The van der Waals surface area contributed by atoms with Gasteiger partial charge in [0, 0.05) is 19.6 Å². The number of morpholine rings is 1. The summed E-state index contributed by atoms with van der Waals surface area (Å²) in [6.07, 6.45) is 1.49. The van der Waals surface area contributed by atoms with Gasteiger partial charge in [-0.2, -0.15) is 6.41 Å². The van der Waals surface area contributed by atoms with E-state index in [1.807, 2.05) is 27.2 Å². The van der Waals surface area contributed by atoms with Gasteiger partial charge >= 0.3 is 6.09 Å². The quantitative estimate of drug-likeness (QED) is 0.477. The molecule has 2 amide bonds. The van der Waals surface area contributed by atoms with Crippen LogP contribution in [-0.2, 0) is 14.3 Å². The largest absolute Gasteiger partial charge is 0.520 e. The Hall–Kier alpha value is -2.30. The van der Waals surface area contributed by atoms with Crippen LogP contribution in [0.15, 0.2) is 0 Å². The van der Waals surface area contributed by atoms with Crippen LogP contribution in [0.1, 0.15) is 20.8 Å². The number of rotatable bonds is 1. The Morgan fingerprint density at radius 2 is 2.00 bits per heavy atom. The van der Waals surface area contributed by atoms with Crippen molar-refractivity contribution in [2.24, 2.45) is 0 Å². The minimum atomic E-state index is -0.517. The van der Waals surface area contributed by atoms with Crippen molar-refractivity contribution in [3.63, 3.8) is 0 Å². The molecular formula is C12H19FmN2O4-. The van der Waals surface area contributed by atoms with Gasteiger partial charge < -0.3 is 19.2 Å². The Kier molecular flexibility index (Phi) is 3.70. The van der Waals surface area contributed by atoms with Crippen LogP contribution in [-0.4, -0.2) is 66.3 Å². The van der Waals surface area contributed by atoms with Gasteiger partial charge in [-0.05, 0) is 20.8 Å². The standard InChI is InChI=1S/C12H19N2O4.Fm/c1-11(2,3)18-10(16)14-4-5-17-8-12(14)6-13(7-12)9-15;/h4-8H2,1-3H3;/q-1;. The van der Waals surface area contributed by atoms with Crippen LogP contribution in [0.2, 0.25) is 0 Å². The Labute approximate surface area is 107 Å². The zero-order chi connectivity index (χ0) is 13.4. The van der Waals surface area contributed by atoms with Gasteiger partial charge in [0.25, 0.3) is 0 Å². The number of amides is 2. The van der Waals surface area contributed by atoms with Gasteiger partial charge in [-0.15, -0.1) is 0 Å². The maximum absolute atomic E-state index is 12.1. The number of carbonyl (C=O) groups is 1. The van der Waals surface area contributed by atoms with Crippen LogP contribution in [0.3, 0.4) is 0 Å². The second-order valence-corrected chi connectivity index (χ2v) is 5.86. The topological polar surface area (TPSA) is 59.1 Å². The number of carbonyl (C=O) groups excluding carboxylic acids is 2. The van der Waals surface area contributed by atoms with Gasteiger partial charge in [-0.1, -0.05) is 0 Å². The van der Waals surface area contributed by atoms with Gasteiger partial charge in [-0.3, -0.25) is 4.90 Å². The zero-order valence-corrected chi connectivity index (χ0v) is 13.8. The molecule has 0 aromatic carbocycles. The molecule has 0 aromatic rings. The molecule has 0 radical (unpaired) electrons. The van der Waals surface area contributed by atoms with Crippen molar-refractivity contribution in [1.29, 1.82) is 0 Å². The Bertz CT molecular complexity index is 350. The maximum Gasteiger partial charge on any atom is 0.411 e. The van der Waals surface area contributed by atoms with Gasteiger partial charge in [0.2, 0.25) is 0 Å². The molecule has 6 nitrogen and oxygen atoms in total. The normalized spacial score (nSPS) is 21.4. The smallest absolute Gasteiger partial charge is 0.411 e. The van der Waals surface area contributed by atoms with Crippen molar-refractivity contribution in [3.8, 4) is 0 Å². The summed E-state index contributed by atoms with van der Waals surface area (Å²) in [5, 5.41) is 0. The predicted molar refractivity (Wildman–Crippen MR) is 63.8 cm³/mol. The van der Waals surface area contributed by atoms with Crippen LogP contribution < -0.4 is 0 Å². The first kappa shape index (κ1) is 14.8. The third-order valence-corrected chi connectivity index (χ3v) is 3.12. The molecule has 0 saturated carbocycles. The van der Waals surface area contributed by atoms with Crippen molar-refractivity contribution in [1.82, 2.24) is 9.80 Å². The third-order valence-electron chi connectivity index (χ3n) is 3.12. The van der Waals surface area contributed by atoms with Gasteiger partial charge in [0.05, 0.1) is 18.8 Å². The molecule has 1 spiro atoms.